The molecule has 5 heteroatoms. The summed E-state index contributed by atoms with van der Waals surface area (Å²) in [6, 6.07) is 0.613. The molecule has 1 saturated heterocycles. The van der Waals surface area contributed by atoms with Crippen molar-refractivity contribution in [2.24, 2.45) is 5.73 Å². The Balaban J connectivity index is 1.87. The van der Waals surface area contributed by atoms with Crippen LogP contribution in [-0.4, -0.2) is 66.6 Å². The van der Waals surface area contributed by atoms with Gasteiger partial charge in [0.15, 0.2) is 0 Å². The summed E-state index contributed by atoms with van der Waals surface area (Å²) in [5, 5.41) is 3.06. The van der Waals surface area contributed by atoms with Gasteiger partial charge >= 0.3 is 0 Å². The van der Waals surface area contributed by atoms with Crippen LogP contribution < -0.4 is 11.1 Å². The van der Waals surface area contributed by atoms with Gasteiger partial charge in [0.25, 0.3) is 0 Å². The molecular formula is C14H28N4O. The number of likely N-dealkylation sites (N-methyl/N-ethyl adjacent to an activating group) is 1. The van der Waals surface area contributed by atoms with E-state index in [1.807, 2.05) is 0 Å². The number of piperazine rings is 1. The summed E-state index contributed by atoms with van der Waals surface area (Å²) < 4.78 is 0. The summed E-state index contributed by atoms with van der Waals surface area (Å²) in [5.74, 6) is 0.162. The Morgan fingerprint density at radius 2 is 2.11 bits per heavy atom. The summed E-state index contributed by atoms with van der Waals surface area (Å²) in [4.78, 5) is 16.7. The van der Waals surface area contributed by atoms with Crippen LogP contribution in [0.2, 0.25) is 0 Å². The SMILES string of the molecule is CN1CCN(C(CN)CC(=O)NC2CC2)CC1(C)C. The van der Waals surface area contributed by atoms with Crippen molar-refractivity contribution < 1.29 is 4.79 Å². The highest BCUT2D eigenvalue weighted by Gasteiger charge is 2.34. The van der Waals surface area contributed by atoms with Crippen LogP contribution in [-0.2, 0) is 4.79 Å². The van der Waals surface area contributed by atoms with E-state index in [0.717, 1.165) is 32.5 Å². The Hall–Kier alpha value is -0.650. The Morgan fingerprint density at radius 3 is 2.63 bits per heavy atom. The lowest BCUT2D eigenvalue weighted by Crippen LogP contribution is -2.61. The van der Waals surface area contributed by atoms with Gasteiger partial charge < -0.3 is 11.1 Å². The molecule has 1 atom stereocenters. The minimum Gasteiger partial charge on any atom is -0.353 e. The standard InChI is InChI=1S/C14H28N4O/c1-14(2)10-18(7-6-17(14)3)12(9-15)8-13(19)16-11-4-5-11/h11-12H,4-10,15H2,1-3H3,(H,16,19). The number of hydrogen-bond acceptors (Lipinski definition) is 4. The predicted octanol–water partition coefficient (Wildman–Crippen LogP) is 0.00840. The first-order valence-corrected chi connectivity index (χ1v) is 7.37. The second kappa shape index (κ2) is 5.77. The summed E-state index contributed by atoms with van der Waals surface area (Å²) in [7, 11) is 2.16. The van der Waals surface area contributed by atoms with Crippen molar-refractivity contribution >= 4 is 5.91 Å². The lowest BCUT2D eigenvalue weighted by Gasteiger charge is -2.47. The van der Waals surface area contributed by atoms with E-state index in [2.05, 4.69) is 36.0 Å². The van der Waals surface area contributed by atoms with Gasteiger partial charge in [0.05, 0.1) is 0 Å². The third-order valence-corrected chi connectivity index (χ3v) is 4.50. The summed E-state index contributed by atoms with van der Waals surface area (Å²) in [6.07, 6.45) is 2.81. The van der Waals surface area contributed by atoms with Crippen molar-refractivity contribution in [2.45, 2.75) is 50.7 Å². The Kier molecular flexibility index (Phi) is 4.48. The van der Waals surface area contributed by atoms with Crippen LogP contribution >= 0.6 is 0 Å². The van der Waals surface area contributed by atoms with Gasteiger partial charge in [0, 0.05) is 50.2 Å². The maximum Gasteiger partial charge on any atom is 0.221 e. The first kappa shape index (κ1) is 14.8. The number of carbonyl (C=O) groups excluding carboxylic acids is 1. The van der Waals surface area contributed by atoms with Crippen LogP contribution in [0, 0.1) is 0 Å². The second-order valence-corrected chi connectivity index (χ2v) is 6.64. The van der Waals surface area contributed by atoms with Crippen molar-refractivity contribution in [1.82, 2.24) is 15.1 Å². The molecule has 1 amide bonds. The third kappa shape index (κ3) is 3.91. The number of amides is 1. The molecule has 0 bridgehead atoms. The van der Waals surface area contributed by atoms with E-state index in [1.165, 1.54) is 0 Å². The van der Waals surface area contributed by atoms with Crippen molar-refractivity contribution in [3.8, 4) is 0 Å². The van der Waals surface area contributed by atoms with Gasteiger partial charge in [-0.15, -0.1) is 0 Å². The van der Waals surface area contributed by atoms with E-state index in [-0.39, 0.29) is 17.5 Å². The van der Waals surface area contributed by atoms with Gasteiger partial charge in [0.2, 0.25) is 5.91 Å². The van der Waals surface area contributed by atoms with Gasteiger partial charge in [-0.2, -0.15) is 0 Å². The van der Waals surface area contributed by atoms with Crippen LogP contribution in [0.3, 0.4) is 0 Å². The van der Waals surface area contributed by atoms with E-state index in [1.54, 1.807) is 0 Å². The number of nitrogens with zero attached hydrogens (tertiary/aromatic N) is 2. The van der Waals surface area contributed by atoms with Gasteiger partial charge in [-0.1, -0.05) is 0 Å². The molecule has 110 valence electrons. The molecule has 0 spiro atoms. The Labute approximate surface area is 116 Å². The van der Waals surface area contributed by atoms with Crippen molar-refractivity contribution in [2.75, 3.05) is 33.2 Å². The highest BCUT2D eigenvalue weighted by atomic mass is 16.1. The third-order valence-electron chi connectivity index (χ3n) is 4.50. The second-order valence-electron chi connectivity index (χ2n) is 6.64. The molecule has 2 rings (SSSR count). The quantitative estimate of drug-likeness (QED) is 0.737. The number of nitrogens with one attached hydrogen (secondary N) is 1. The number of hydrogen-bond donors (Lipinski definition) is 2. The molecule has 1 aliphatic carbocycles. The molecular weight excluding hydrogens is 240 g/mol. The molecule has 1 aliphatic heterocycles. The normalized spacial score (nSPS) is 26.1. The fourth-order valence-corrected chi connectivity index (χ4v) is 2.68. The van der Waals surface area contributed by atoms with E-state index in [0.29, 0.717) is 19.0 Å². The first-order chi connectivity index (χ1) is 8.92. The average Bonchev–Trinajstić information content (AvgIpc) is 3.13. The predicted molar refractivity (Wildman–Crippen MR) is 76.9 cm³/mol. The molecule has 2 aliphatic rings. The lowest BCUT2D eigenvalue weighted by molar-refractivity contribution is -0.123. The average molecular weight is 268 g/mol. The fourth-order valence-electron chi connectivity index (χ4n) is 2.68. The molecule has 19 heavy (non-hydrogen) atoms. The van der Waals surface area contributed by atoms with Crippen LogP contribution in [0.5, 0.6) is 0 Å². The Bertz CT molecular complexity index is 327. The molecule has 1 saturated carbocycles. The van der Waals surface area contributed by atoms with Crippen LogP contribution in [0.15, 0.2) is 0 Å². The van der Waals surface area contributed by atoms with E-state index in [4.69, 9.17) is 5.73 Å². The van der Waals surface area contributed by atoms with E-state index < -0.39 is 0 Å². The maximum absolute atomic E-state index is 11.9. The molecule has 0 radical (unpaired) electrons. The van der Waals surface area contributed by atoms with Crippen molar-refractivity contribution in [3.05, 3.63) is 0 Å². The van der Waals surface area contributed by atoms with Crippen LogP contribution in [0.25, 0.3) is 0 Å². The topological polar surface area (TPSA) is 61.6 Å². The molecule has 0 aromatic rings. The van der Waals surface area contributed by atoms with Crippen LogP contribution in [0.4, 0.5) is 0 Å². The number of nitrogens with two attached hydrogens (primary N) is 1. The van der Waals surface area contributed by atoms with Crippen LogP contribution in [0.1, 0.15) is 33.1 Å². The molecule has 1 unspecified atom stereocenters. The van der Waals surface area contributed by atoms with E-state index in [9.17, 15) is 4.79 Å². The number of carbonyl (C=O) groups is 1. The molecule has 0 aromatic heterocycles. The minimum absolute atomic E-state index is 0.151. The molecule has 5 nitrogen and oxygen atoms in total. The van der Waals surface area contributed by atoms with Crippen molar-refractivity contribution in [1.29, 1.82) is 0 Å². The highest BCUT2D eigenvalue weighted by molar-refractivity contribution is 5.77. The monoisotopic (exact) mass is 268 g/mol. The lowest BCUT2D eigenvalue weighted by atomic mass is 9.97. The van der Waals surface area contributed by atoms with Gasteiger partial charge in [0.1, 0.15) is 0 Å². The smallest absolute Gasteiger partial charge is 0.221 e. The first-order valence-electron chi connectivity index (χ1n) is 7.37. The zero-order chi connectivity index (χ0) is 14.0. The Morgan fingerprint density at radius 1 is 1.42 bits per heavy atom. The molecule has 0 aromatic carbocycles. The zero-order valence-corrected chi connectivity index (χ0v) is 12.5. The van der Waals surface area contributed by atoms with Gasteiger partial charge in [-0.3, -0.25) is 14.6 Å². The maximum atomic E-state index is 11.9. The number of rotatable bonds is 5. The zero-order valence-electron chi connectivity index (χ0n) is 12.5. The van der Waals surface area contributed by atoms with Gasteiger partial charge in [-0.05, 0) is 33.7 Å². The highest BCUT2D eigenvalue weighted by Crippen LogP contribution is 2.22. The summed E-state index contributed by atoms with van der Waals surface area (Å²) in [5.41, 5.74) is 6.04. The van der Waals surface area contributed by atoms with Gasteiger partial charge in [-0.25, -0.2) is 0 Å². The fraction of sp³-hybridized carbons (Fsp3) is 0.929. The van der Waals surface area contributed by atoms with E-state index >= 15 is 0 Å². The summed E-state index contributed by atoms with van der Waals surface area (Å²) in [6.45, 7) is 8.06. The molecule has 1 heterocycles. The van der Waals surface area contributed by atoms with Crippen molar-refractivity contribution in [3.63, 3.8) is 0 Å². The molecule has 3 N–H and O–H groups in total. The largest absolute Gasteiger partial charge is 0.353 e. The molecule has 2 fully saturated rings. The summed E-state index contributed by atoms with van der Waals surface area (Å²) >= 11 is 0. The minimum atomic E-state index is 0.151.